The lowest BCUT2D eigenvalue weighted by atomic mass is 10.2. The van der Waals surface area contributed by atoms with Crippen LogP contribution in [0.3, 0.4) is 0 Å². The Morgan fingerprint density at radius 3 is 2.81 bits per heavy atom. The third-order valence-corrected chi connectivity index (χ3v) is 6.10. The zero-order chi connectivity index (χ0) is 19.6. The average Bonchev–Trinajstić information content (AvgIpc) is 3.11. The third kappa shape index (κ3) is 3.72. The van der Waals surface area contributed by atoms with Gasteiger partial charge in [-0.2, -0.15) is 0 Å². The Morgan fingerprint density at radius 1 is 1.41 bits per heavy atom. The summed E-state index contributed by atoms with van der Waals surface area (Å²) in [7, 11) is 1.55. The second-order valence-electron chi connectivity index (χ2n) is 5.92. The van der Waals surface area contributed by atoms with Crippen LogP contribution in [-0.2, 0) is 11.2 Å². The summed E-state index contributed by atoms with van der Waals surface area (Å²) in [5.41, 5.74) is 0.372. The van der Waals surface area contributed by atoms with E-state index >= 15 is 0 Å². The van der Waals surface area contributed by atoms with Crippen molar-refractivity contribution in [2.45, 2.75) is 31.5 Å². The van der Waals surface area contributed by atoms with Gasteiger partial charge in [-0.15, -0.1) is 11.3 Å². The normalized spacial score (nSPS) is 12.1. The number of rotatable bonds is 6. The van der Waals surface area contributed by atoms with E-state index in [0.717, 1.165) is 16.1 Å². The SMILES string of the molecule is CCc1cc2c(=O)n(C(C)C(=O)Nc3ccccc3OC)c(SC)nc2s1. The molecule has 0 saturated heterocycles. The highest BCUT2D eigenvalue weighted by Gasteiger charge is 2.23. The number of benzene rings is 1. The number of hydrogen-bond acceptors (Lipinski definition) is 6. The van der Waals surface area contributed by atoms with E-state index in [2.05, 4.69) is 10.3 Å². The lowest BCUT2D eigenvalue weighted by Gasteiger charge is -2.18. The van der Waals surface area contributed by atoms with Crippen LogP contribution in [0.1, 0.15) is 24.8 Å². The predicted octanol–water partition coefficient (Wildman–Crippen LogP) is 3.95. The number of aryl methyl sites for hydroxylation is 1. The van der Waals surface area contributed by atoms with Crippen LogP contribution in [0.2, 0.25) is 0 Å². The van der Waals surface area contributed by atoms with Crippen molar-refractivity contribution in [3.8, 4) is 5.75 Å². The van der Waals surface area contributed by atoms with Crippen LogP contribution in [0.15, 0.2) is 40.3 Å². The fourth-order valence-electron chi connectivity index (χ4n) is 2.79. The van der Waals surface area contributed by atoms with Crippen LogP contribution in [0, 0.1) is 0 Å². The molecule has 0 radical (unpaired) electrons. The molecule has 0 saturated carbocycles. The number of aromatic nitrogens is 2. The molecule has 0 aliphatic heterocycles. The highest BCUT2D eigenvalue weighted by Crippen LogP contribution is 2.27. The maximum Gasteiger partial charge on any atom is 0.263 e. The second-order valence-corrected chi connectivity index (χ2v) is 7.81. The first-order valence-electron chi connectivity index (χ1n) is 8.53. The average molecular weight is 404 g/mol. The van der Waals surface area contributed by atoms with Crippen molar-refractivity contribution >= 4 is 44.9 Å². The van der Waals surface area contributed by atoms with Gasteiger partial charge in [-0.1, -0.05) is 30.8 Å². The fourth-order valence-corrected chi connectivity index (χ4v) is 4.42. The van der Waals surface area contributed by atoms with E-state index in [1.807, 2.05) is 31.4 Å². The molecule has 142 valence electrons. The molecule has 0 fully saturated rings. The molecule has 8 heteroatoms. The van der Waals surface area contributed by atoms with Gasteiger partial charge < -0.3 is 10.1 Å². The molecule has 27 heavy (non-hydrogen) atoms. The maximum absolute atomic E-state index is 13.1. The van der Waals surface area contributed by atoms with E-state index in [9.17, 15) is 9.59 Å². The number of carbonyl (C=O) groups excluding carboxylic acids is 1. The topological polar surface area (TPSA) is 73.2 Å². The van der Waals surface area contributed by atoms with Gasteiger partial charge in [0.25, 0.3) is 5.56 Å². The number of para-hydroxylation sites is 2. The van der Waals surface area contributed by atoms with Crippen molar-refractivity contribution in [2.24, 2.45) is 0 Å². The van der Waals surface area contributed by atoms with Gasteiger partial charge in [0.15, 0.2) is 5.16 Å². The molecule has 1 amide bonds. The number of amides is 1. The van der Waals surface area contributed by atoms with Gasteiger partial charge in [0.2, 0.25) is 5.91 Å². The molecule has 1 unspecified atom stereocenters. The number of ether oxygens (including phenoxy) is 1. The van der Waals surface area contributed by atoms with E-state index in [-0.39, 0.29) is 11.5 Å². The van der Waals surface area contributed by atoms with Crippen LogP contribution in [0.25, 0.3) is 10.2 Å². The molecule has 0 aliphatic rings. The number of thiophene rings is 1. The molecule has 2 aromatic heterocycles. The van der Waals surface area contributed by atoms with Crippen molar-refractivity contribution in [1.82, 2.24) is 9.55 Å². The summed E-state index contributed by atoms with van der Waals surface area (Å²) in [6.45, 7) is 3.74. The van der Waals surface area contributed by atoms with Gasteiger partial charge in [0.1, 0.15) is 16.6 Å². The van der Waals surface area contributed by atoms with Gasteiger partial charge in [-0.3, -0.25) is 14.2 Å². The highest BCUT2D eigenvalue weighted by atomic mass is 32.2. The van der Waals surface area contributed by atoms with E-state index in [1.54, 1.807) is 26.2 Å². The van der Waals surface area contributed by atoms with Crippen molar-refractivity contribution in [1.29, 1.82) is 0 Å². The monoisotopic (exact) mass is 403 g/mol. The van der Waals surface area contributed by atoms with E-state index in [4.69, 9.17) is 4.74 Å². The van der Waals surface area contributed by atoms with Crippen LogP contribution in [0.4, 0.5) is 5.69 Å². The first-order chi connectivity index (χ1) is 13.0. The summed E-state index contributed by atoms with van der Waals surface area (Å²) in [5.74, 6) is 0.262. The molecule has 6 nitrogen and oxygen atoms in total. The first-order valence-corrected chi connectivity index (χ1v) is 10.6. The Morgan fingerprint density at radius 2 is 2.15 bits per heavy atom. The van der Waals surface area contributed by atoms with E-state index in [0.29, 0.717) is 22.0 Å². The maximum atomic E-state index is 13.1. The summed E-state index contributed by atoms with van der Waals surface area (Å²) in [4.78, 5) is 32.3. The van der Waals surface area contributed by atoms with Gasteiger partial charge in [0, 0.05) is 4.88 Å². The van der Waals surface area contributed by atoms with Gasteiger partial charge in [0.05, 0.1) is 18.2 Å². The van der Waals surface area contributed by atoms with E-state index in [1.165, 1.54) is 27.7 Å². The summed E-state index contributed by atoms with van der Waals surface area (Å²) in [5, 5.41) is 3.93. The fraction of sp³-hybridized carbons (Fsp3) is 0.316. The molecule has 1 atom stereocenters. The minimum absolute atomic E-state index is 0.192. The Balaban J connectivity index is 2.01. The highest BCUT2D eigenvalue weighted by molar-refractivity contribution is 7.98. The minimum atomic E-state index is -0.716. The molecule has 3 rings (SSSR count). The van der Waals surface area contributed by atoms with Gasteiger partial charge in [-0.05, 0) is 37.8 Å². The minimum Gasteiger partial charge on any atom is -0.495 e. The third-order valence-electron chi connectivity index (χ3n) is 4.28. The van der Waals surface area contributed by atoms with Crippen molar-refractivity contribution in [2.75, 3.05) is 18.7 Å². The molecule has 1 N–H and O–H groups in total. The number of carbonyl (C=O) groups is 1. The Kier molecular flexibility index (Phi) is 5.86. The number of methoxy groups -OCH3 is 1. The van der Waals surface area contributed by atoms with Crippen molar-refractivity contribution in [3.05, 3.63) is 45.6 Å². The number of hydrogen-bond donors (Lipinski definition) is 1. The molecule has 0 spiro atoms. The summed E-state index contributed by atoms with van der Waals surface area (Å²) >= 11 is 2.88. The number of anilines is 1. The Bertz CT molecular complexity index is 1040. The first kappa shape index (κ1) is 19.4. The van der Waals surface area contributed by atoms with Crippen LogP contribution in [0.5, 0.6) is 5.75 Å². The molecular formula is C19H21N3O3S2. The lowest BCUT2D eigenvalue weighted by Crippen LogP contribution is -2.33. The molecule has 3 aromatic rings. The molecule has 0 aliphatic carbocycles. The number of nitrogens with zero attached hydrogens (tertiary/aromatic N) is 2. The smallest absolute Gasteiger partial charge is 0.263 e. The Hall–Kier alpha value is -2.32. The summed E-state index contributed by atoms with van der Waals surface area (Å²) < 4.78 is 6.74. The van der Waals surface area contributed by atoms with Crippen molar-refractivity contribution in [3.63, 3.8) is 0 Å². The van der Waals surface area contributed by atoms with E-state index < -0.39 is 6.04 Å². The summed E-state index contributed by atoms with van der Waals surface area (Å²) in [6.07, 6.45) is 2.70. The molecule has 1 aromatic carbocycles. The zero-order valence-corrected chi connectivity index (χ0v) is 17.2. The molecular weight excluding hydrogens is 382 g/mol. The Labute approximate surface area is 165 Å². The van der Waals surface area contributed by atoms with Crippen LogP contribution in [-0.4, -0.2) is 28.8 Å². The number of nitrogens with one attached hydrogen (secondary N) is 1. The quantitative estimate of drug-likeness (QED) is 0.498. The lowest BCUT2D eigenvalue weighted by molar-refractivity contribution is -0.119. The zero-order valence-electron chi connectivity index (χ0n) is 15.6. The standard InChI is InChI=1S/C19H21N3O3S2/c1-5-12-10-13-17(27-12)21-19(26-4)22(18(13)24)11(2)16(23)20-14-8-6-7-9-15(14)25-3/h6-11H,5H2,1-4H3,(H,20,23). The van der Waals surface area contributed by atoms with Crippen molar-refractivity contribution < 1.29 is 9.53 Å². The molecule has 0 bridgehead atoms. The number of fused-ring (bicyclic) bond motifs is 1. The van der Waals surface area contributed by atoms with Crippen LogP contribution < -0.4 is 15.6 Å². The number of thioether (sulfide) groups is 1. The summed E-state index contributed by atoms with van der Waals surface area (Å²) in [6, 6.07) is 8.33. The predicted molar refractivity (Wildman–Crippen MR) is 111 cm³/mol. The van der Waals surface area contributed by atoms with Crippen LogP contribution >= 0.6 is 23.1 Å². The van der Waals surface area contributed by atoms with Gasteiger partial charge in [-0.25, -0.2) is 4.98 Å². The van der Waals surface area contributed by atoms with Gasteiger partial charge >= 0.3 is 0 Å². The molecule has 2 heterocycles. The second kappa shape index (κ2) is 8.14. The largest absolute Gasteiger partial charge is 0.495 e.